The lowest BCUT2D eigenvalue weighted by molar-refractivity contribution is 0.164. The second kappa shape index (κ2) is 8.78. The molecule has 0 bridgehead atoms. The molecule has 0 heterocycles. The van der Waals surface area contributed by atoms with Gasteiger partial charge in [-0.3, -0.25) is 0 Å². The van der Waals surface area contributed by atoms with Crippen LogP contribution < -0.4 is 0 Å². The van der Waals surface area contributed by atoms with E-state index in [1.54, 1.807) is 19.2 Å². The first-order valence-corrected chi connectivity index (χ1v) is 7.63. The maximum absolute atomic E-state index is 12.9. The molecule has 0 aromatic heterocycles. The average molecular weight is 322 g/mol. The van der Waals surface area contributed by atoms with Crippen LogP contribution in [-0.2, 0) is 9.53 Å². The normalized spacial score (nSPS) is 12.5. The number of ether oxygens (including phenoxy) is 1. The zero-order valence-corrected chi connectivity index (χ0v) is 13.7. The molecule has 0 aliphatic heterocycles. The molecule has 0 saturated carbocycles. The highest BCUT2D eigenvalue weighted by molar-refractivity contribution is 5.92. The molecule has 0 aliphatic carbocycles. The van der Waals surface area contributed by atoms with Crippen LogP contribution in [-0.4, -0.2) is 19.2 Å². The van der Waals surface area contributed by atoms with Crippen LogP contribution in [0.2, 0.25) is 0 Å². The lowest BCUT2D eigenvalue weighted by Crippen LogP contribution is -2.09. The number of halogens is 1. The zero-order chi connectivity index (χ0) is 17.4. The van der Waals surface area contributed by atoms with Gasteiger partial charge in [-0.15, -0.1) is 0 Å². The monoisotopic (exact) mass is 322 g/mol. The number of allylic oxidation sites excluding steroid dienone is 2. The molecule has 2 nitrogen and oxygen atoms in total. The average Bonchev–Trinajstić information content (AvgIpc) is 2.61. The van der Waals surface area contributed by atoms with Gasteiger partial charge in [-0.25, -0.2) is 9.18 Å². The second-order valence-corrected chi connectivity index (χ2v) is 5.25. The van der Waals surface area contributed by atoms with E-state index in [0.717, 1.165) is 16.7 Å². The van der Waals surface area contributed by atoms with Crippen molar-refractivity contribution >= 4 is 23.7 Å². The Morgan fingerprint density at radius 3 is 2.42 bits per heavy atom. The number of hydrogen-bond acceptors (Lipinski definition) is 2. The van der Waals surface area contributed by atoms with Crippen LogP contribution in [0.1, 0.15) is 23.6 Å². The van der Waals surface area contributed by atoms with Crippen molar-refractivity contribution in [2.75, 3.05) is 7.11 Å². The first-order chi connectivity index (χ1) is 11.7. The Hall–Kier alpha value is -2.74. The highest BCUT2D eigenvalue weighted by Crippen LogP contribution is 2.22. The Morgan fingerprint density at radius 2 is 1.75 bits per heavy atom. The van der Waals surface area contributed by atoms with Gasteiger partial charge < -0.3 is 4.74 Å². The summed E-state index contributed by atoms with van der Waals surface area (Å²) in [7, 11) is 1.56. The summed E-state index contributed by atoms with van der Waals surface area (Å²) in [5.41, 5.74) is 3.10. The van der Waals surface area contributed by atoms with Crippen LogP contribution in [0.4, 0.5) is 4.39 Å². The van der Waals surface area contributed by atoms with E-state index in [2.05, 4.69) is 0 Å². The molecule has 24 heavy (non-hydrogen) atoms. The maximum atomic E-state index is 12.9. The fourth-order valence-corrected chi connectivity index (χ4v) is 2.26. The quantitative estimate of drug-likeness (QED) is 0.564. The summed E-state index contributed by atoms with van der Waals surface area (Å²) in [6.07, 6.45) is 7.21. The zero-order valence-electron chi connectivity index (χ0n) is 13.7. The SMILES string of the molecule is COC(C)C(=C=O)c1ccccc1/C=C/C=C/c1ccc(F)cc1. The molecule has 2 rings (SSSR count). The van der Waals surface area contributed by atoms with E-state index in [-0.39, 0.29) is 11.9 Å². The molecule has 0 saturated heterocycles. The summed E-state index contributed by atoms with van der Waals surface area (Å²) >= 11 is 0. The van der Waals surface area contributed by atoms with Crippen molar-refractivity contribution in [1.82, 2.24) is 0 Å². The van der Waals surface area contributed by atoms with Crippen molar-refractivity contribution in [2.24, 2.45) is 0 Å². The highest BCUT2D eigenvalue weighted by Gasteiger charge is 2.13. The van der Waals surface area contributed by atoms with E-state index in [0.29, 0.717) is 5.57 Å². The van der Waals surface area contributed by atoms with Gasteiger partial charge in [0.1, 0.15) is 11.8 Å². The predicted molar refractivity (Wildman–Crippen MR) is 96.5 cm³/mol. The van der Waals surface area contributed by atoms with Crippen molar-refractivity contribution in [3.8, 4) is 0 Å². The molecule has 0 spiro atoms. The Morgan fingerprint density at radius 1 is 1.08 bits per heavy atom. The topological polar surface area (TPSA) is 26.3 Å². The maximum Gasteiger partial charge on any atom is 0.131 e. The Balaban J connectivity index is 2.21. The molecule has 0 aliphatic rings. The van der Waals surface area contributed by atoms with Crippen LogP contribution in [0.25, 0.3) is 17.7 Å². The van der Waals surface area contributed by atoms with Crippen molar-refractivity contribution in [3.05, 3.63) is 83.2 Å². The van der Waals surface area contributed by atoms with Crippen LogP contribution in [0, 0.1) is 5.82 Å². The number of methoxy groups -OCH3 is 1. The highest BCUT2D eigenvalue weighted by atomic mass is 19.1. The third-order valence-corrected chi connectivity index (χ3v) is 3.67. The van der Waals surface area contributed by atoms with Gasteiger partial charge in [0.05, 0.1) is 11.7 Å². The van der Waals surface area contributed by atoms with Crippen molar-refractivity contribution < 1.29 is 13.9 Å². The molecule has 0 amide bonds. The van der Waals surface area contributed by atoms with Gasteiger partial charge in [0.2, 0.25) is 0 Å². The lowest BCUT2D eigenvalue weighted by atomic mass is 9.97. The van der Waals surface area contributed by atoms with E-state index in [1.807, 2.05) is 61.4 Å². The van der Waals surface area contributed by atoms with Crippen LogP contribution in [0.3, 0.4) is 0 Å². The summed E-state index contributed by atoms with van der Waals surface area (Å²) in [6, 6.07) is 13.9. The number of rotatable bonds is 6. The first-order valence-electron chi connectivity index (χ1n) is 7.63. The van der Waals surface area contributed by atoms with Crippen LogP contribution in [0.5, 0.6) is 0 Å². The Bertz CT molecular complexity index is 782. The van der Waals surface area contributed by atoms with Gasteiger partial charge in [0.15, 0.2) is 0 Å². The number of carbonyl (C=O) groups excluding carboxylic acids is 1. The molecule has 2 aromatic rings. The van der Waals surface area contributed by atoms with E-state index in [9.17, 15) is 9.18 Å². The van der Waals surface area contributed by atoms with Crippen LogP contribution in [0.15, 0.2) is 60.7 Å². The third-order valence-electron chi connectivity index (χ3n) is 3.67. The van der Waals surface area contributed by atoms with Crippen LogP contribution >= 0.6 is 0 Å². The second-order valence-electron chi connectivity index (χ2n) is 5.25. The smallest absolute Gasteiger partial charge is 0.131 e. The molecule has 0 N–H and O–H groups in total. The summed E-state index contributed by atoms with van der Waals surface area (Å²) in [4.78, 5) is 11.3. The van der Waals surface area contributed by atoms with E-state index in [4.69, 9.17) is 4.74 Å². The fourth-order valence-electron chi connectivity index (χ4n) is 2.26. The summed E-state index contributed by atoms with van der Waals surface area (Å²) in [5.74, 6) is 1.73. The van der Waals surface area contributed by atoms with Gasteiger partial charge in [-0.2, -0.15) is 0 Å². The minimum atomic E-state index is -0.327. The summed E-state index contributed by atoms with van der Waals surface area (Å²) in [6.45, 7) is 1.81. The minimum Gasteiger partial charge on any atom is -0.376 e. The molecule has 0 fully saturated rings. The molecule has 2 aromatic carbocycles. The van der Waals surface area contributed by atoms with Crippen molar-refractivity contribution in [2.45, 2.75) is 13.0 Å². The first kappa shape index (κ1) is 17.6. The molecule has 122 valence electrons. The van der Waals surface area contributed by atoms with E-state index in [1.165, 1.54) is 12.1 Å². The van der Waals surface area contributed by atoms with E-state index < -0.39 is 0 Å². The third kappa shape index (κ3) is 4.63. The molecule has 0 radical (unpaired) electrons. The number of benzene rings is 2. The fraction of sp³-hybridized carbons (Fsp3) is 0.143. The molecule has 3 heteroatoms. The molecule has 1 unspecified atom stereocenters. The lowest BCUT2D eigenvalue weighted by Gasteiger charge is -2.13. The van der Waals surface area contributed by atoms with Gasteiger partial charge in [0.25, 0.3) is 0 Å². The standard InChI is InChI=1S/C21H19FO2/c1-16(24-2)21(15-23)20-10-6-5-9-18(20)8-4-3-7-17-11-13-19(22)14-12-17/h3-14,16H,1-2H3/b7-3+,8-4+. The van der Waals surface area contributed by atoms with Gasteiger partial charge in [-0.05, 0) is 35.7 Å². The molecule has 1 atom stereocenters. The van der Waals surface area contributed by atoms with Crippen molar-refractivity contribution in [3.63, 3.8) is 0 Å². The summed E-state index contributed by atoms with van der Waals surface area (Å²) < 4.78 is 18.1. The largest absolute Gasteiger partial charge is 0.376 e. The van der Waals surface area contributed by atoms with E-state index >= 15 is 0 Å². The van der Waals surface area contributed by atoms with Gasteiger partial charge >= 0.3 is 0 Å². The number of hydrogen-bond donors (Lipinski definition) is 0. The summed E-state index contributed by atoms with van der Waals surface area (Å²) in [5, 5.41) is 0. The molecular weight excluding hydrogens is 303 g/mol. The van der Waals surface area contributed by atoms with Gasteiger partial charge in [-0.1, -0.05) is 60.7 Å². The predicted octanol–water partition coefficient (Wildman–Crippen LogP) is 4.80. The Labute approximate surface area is 141 Å². The van der Waals surface area contributed by atoms with Crippen molar-refractivity contribution in [1.29, 1.82) is 0 Å². The van der Waals surface area contributed by atoms with Gasteiger partial charge in [0, 0.05) is 7.11 Å². The molecular formula is C21H19FO2. The minimum absolute atomic E-state index is 0.253. The Kier molecular flexibility index (Phi) is 6.44.